The molecule has 0 fully saturated rings. The van der Waals surface area contributed by atoms with Crippen molar-refractivity contribution in [3.63, 3.8) is 0 Å². The van der Waals surface area contributed by atoms with Crippen LogP contribution in [0.2, 0.25) is 5.02 Å². The first-order chi connectivity index (χ1) is 6.29. The Kier molecular flexibility index (Phi) is 2.42. The van der Waals surface area contributed by atoms with Crippen molar-refractivity contribution >= 4 is 17.3 Å². The van der Waals surface area contributed by atoms with E-state index in [0.29, 0.717) is 6.04 Å². The highest BCUT2D eigenvalue weighted by Crippen LogP contribution is 2.29. The number of aliphatic hydroxyl groups excluding tert-OH is 1. The van der Waals surface area contributed by atoms with Gasteiger partial charge in [-0.15, -0.1) is 0 Å². The molecule has 1 aliphatic rings. The Morgan fingerprint density at radius 1 is 1.54 bits per heavy atom. The Balaban J connectivity index is 2.16. The van der Waals surface area contributed by atoms with Crippen LogP contribution in [0.3, 0.4) is 0 Å². The standard InChI is InChI=1S/C10H12ClNO/c11-8-1-2-10-7(5-8)6-9(12-10)3-4-13/h1-2,5,9,12-13H,3-4,6H2. The molecule has 1 aromatic carbocycles. The van der Waals surface area contributed by atoms with Gasteiger partial charge in [0.15, 0.2) is 0 Å². The molecule has 0 bridgehead atoms. The lowest BCUT2D eigenvalue weighted by molar-refractivity contribution is 0.280. The monoisotopic (exact) mass is 197 g/mol. The maximum atomic E-state index is 8.79. The molecule has 13 heavy (non-hydrogen) atoms. The van der Waals surface area contributed by atoms with Crippen LogP contribution in [0.4, 0.5) is 5.69 Å². The predicted molar refractivity (Wildman–Crippen MR) is 54.3 cm³/mol. The summed E-state index contributed by atoms with van der Waals surface area (Å²) in [6.45, 7) is 0.236. The lowest BCUT2D eigenvalue weighted by atomic mass is 10.1. The van der Waals surface area contributed by atoms with E-state index in [1.54, 1.807) is 0 Å². The van der Waals surface area contributed by atoms with Gasteiger partial charge in [-0.25, -0.2) is 0 Å². The number of fused-ring (bicyclic) bond motifs is 1. The molecule has 3 heteroatoms. The van der Waals surface area contributed by atoms with Crippen molar-refractivity contribution in [3.8, 4) is 0 Å². The first-order valence-electron chi connectivity index (χ1n) is 4.45. The third kappa shape index (κ3) is 1.79. The third-order valence-electron chi connectivity index (χ3n) is 2.37. The fourth-order valence-electron chi connectivity index (χ4n) is 1.74. The van der Waals surface area contributed by atoms with E-state index in [1.165, 1.54) is 5.56 Å². The molecule has 2 nitrogen and oxygen atoms in total. The van der Waals surface area contributed by atoms with Crippen LogP contribution in [-0.2, 0) is 6.42 Å². The highest BCUT2D eigenvalue weighted by Gasteiger charge is 2.19. The molecule has 1 atom stereocenters. The number of hydrogen-bond acceptors (Lipinski definition) is 2. The molecule has 0 amide bonds. The van der Waals surface area contributed by atoms with Crippen molar-refractivity contribution in [2.24, 2.45) is 0 Å². The molecule has 0 aliphatic carbocycles. The minimum Gasteiger partial charge on any atom is -0.396 e. The van der Waals surface area contributed by atoms with Crippen molar-refractivity contribution < 1.29 is 5.11 Å². The van der Waals surface area contributed by atoms with Crippen LogP contribution in [0.1, 0.15) is 12.0 Å². The lowest BCUT2D eigenvalue weighted by Crippen LogP contribution is -2.16. The SMILES string of the molecule is OCCC1Cc2cc(Cl)ccc2N1. The highest BCUT2D eigenvalue weighted by atomic mass is 35.5. The van der Waals surface area contributed by atoms with Gasteiger partial charge in [-0.2, -0.15) is 0 Å². The van der Waals surface area contributed by atoms with Crippen LogP contribution < -0.4 is 5.32 Å². The topological polar surface area (TPSA) is 32.3 Å². The molecular weight excluding hydrogens is 186 g/mol. The predicted octanol–water partition coefficient (Wildman–Crippen LogP) is 2.06. The van der Waals surface area contributed by atoms with E-state index in [1.807, 2.05) is 18.2 Å². The summed E-state index contributed by atoms with van der Waals surface area (Å²) in [7, 11) is 0. The average molecular weight is 198 g/mol. The summed E-state index contributed by atoms with van der Waals surface area (Å²) in [6, 6.07) is 6.24. The maximum absolute atomic E-state index is 8.79. The van der Waals surface area contributed by atoms with Crippen LogP contribution in [0.5, 0.6) is 0 Å². The second-order valence-corrected chi connectivity index (χ2v) is 3.80. The molecule has 2 N–H and O–H groups in total. The van der Waals surface area contributed by atoms with E-state index >= 15 is 0 Å². The van der Waals surface area contributed by atoms with Gasteiger partial charge in [0.25, 0.3) is 0 Å². The molecule has 0 saturated heterocycles. The van der Waals surface area contributed by atoms with Gasteiger partial charge in [-0.05, 0) is 36.6 Å². The molecule has 70 valence electrons. The number of benzene rings is 1. The van der Waals surface area contributed by atoms with Gasteiger partial charge in [0.05, 0.1) is 0 Å². The van der Waals surface area contributed by atoms with E-state index in [-0.39, 0.29) is 6.61 Å². The number of aliphatic hydroxyl groups is 1. The molecule has 0 aromatic heterocycles. The minimum absolute atomic E-state index is 0.236. The van der Waals surface area contributed by atoms with Crippen molar-refractivity contribution in [1.29, 1.82) is 0 Å². The summed E-state index contributed by atoms with van der Waals surface area (Å²) in [6.07, 6.45) is 1.77. The summed E-state index contributed by atoms with van der Waals surface area (Å²) in [5.41, 5.74) is 2.41. The molecular formula is C10H12ClNO. The number of anilines is 1. The van der Waals surface area contributed by atoms with Crippen molar-refractivity contribution in [2.45, 2.75) is 18.9 Å². The van der Waals surface area contributed by atoms with Crippen LogP contribution in [-0.4, -0.2) is 17.8 Å². The molecule has 1 heterocycles. The van der Waals surface area contributed by atoms with Gasteiger partial charge >= 0.3 is 0 Å². The summed E-state index contributed by atoms with van der Waals surface area (Å²) >= 11 is 5.87. The molecule has 0 saturated carbocycles. The first-order valence-corrected chi connectivity index (χ1v) is 4.83. The Morgan fingerprint density at radius 2 is 2.38 bits per heavy atom. The summed E-state index contributed by atoms with van der Waals surface area (Å²) in [4.78, 5) is 0. The number of rotatable bonds is 2. The normalized spacial score (nSPS) is 19.7. The fraction of sp³-hybridized carbons (Fsp3) is 0.400. The fourth-order valence-corrected chi connectivity index (χ4v) is 1.93. The second kappa shape index (κ2) is 3.56. The molecule has 1 aliphatic heterocycles. The van der Waals surface area contributed by atoms with E-state index in [2.05, 4.69) is 5.32 Å². The van der Waals surface area contributed by atoms with Gasteiger partial charge in [0, 0.05) is 23.4 Å². The number of hydrogen-bond donors (Lipinski definition) is 2. The number of halogens is 1. The summed E-state index contributed by atoms with van der Waals surface area (Å²) in [5, 5.41) is 12.9. The van der Waals surface area contributed by atoms with Crippen molar-refractivity contribution in [3.05, 3.63) is 28.8 Å². The zero-order valence-electron chi connectivity index (χ0n) is 7.26. The van der Waals surface area contributed by atoms with Crippen LogP contribution in [0.15, 0.2) is 18.2 Å². The zero-order chi connectivity index (χ0) is 9.26. The Hall–Kier alpha value is -0.730. The summed E-state index contributed by atoms with van der Waals surface area (Å²) < 4.78 is 0. The average Bonchev–Trinajstić information content (AvgIpc) is 2.46. The third-order valence-corrected chi connectivity index (χ3v) is 2.61. The van der Waals surface area contributed by atoms with Gasteiger partial charge in [0.1, 0.15) is 0 Å². The van der Waals surface area contributed by atoms with Gasteiger partial charge in [-0.1, -0.05) is 11.6 Å². The smallest absolute Gasteiger partial charge is 0.0450 e. The number of nitrogens with one attached hydrogen (secondary N) is 1. The van der Waals surface area contributed by atoms with Crippen molar-refractivity contribution in [2.75, 3.05) is 11.9 Å². The Bertz CT molecular complexity index is 314. The van der Waals surface area contributed by atoms with E-state index < -0.39 is 0 Å². The largest absolute Gasteiger partial charge is 0.396 e. The minimum atomic E-state index is 0.236. The van der Waals surface area contributed by atoms with Gasteiger partial charge in [0.2, 0.25) is 0 Å². The maximum Gasteiger partial charge on any atom is 0.0450 e. The molecule has 2 rings (SSSR count). The van der Waals surface area contributed by atoms with Gasteiger partial charge < -0.3 is 10.4 Å². The van der Waals surface area contributed by atoms with Crippen molar-refractivity contribution in [1.82, 2.24) is 0 Å². The quantitative estimate of drug-likeness (QED) is 0.761. The summed E-state index contributed by atoms with van der Waals surface area (Å²) in [5.74, 6) is 0. The zero-order valence-corrected chi connectivity index (χ0v) is 8.01. The molecule has 1 unspecified atom stereocenters. The molecule has 0 spiro atoms. The van der Waals surface area contributed by atoms with Crippen LogP contribution >= 0.6 is 11.6 Å². The Labute approximate surface area is 82.5 Å². The van der Waals surface area contributed by atoms with Crippen LogP contribution in [0, 0.1) is 0 Å². The highest BCUT2D eigenvalue weighted by molar-refractivity contribution is 6.30. The second-order valence-electron chi connectivity index (χ2n) is 3.36. The van der Waals surface area contributed by atoms with E-state index in [0.717, 1.165) is 23.6 Å². The first kappa shape index (κ1) is 8.85. The van der Waals surface area contributed by atoms with Gasteiger partial charge in [-0.3, -0.25) is 0 Å². The lowest BCUT2D eigenvalue weighted by Gasteiger charge is -2.07. The Morgan fingerprint density at radius 3 is 3.15 bits per heavy atom. The van der Waals surface area contributed by atoms with Crippen LogP contribution in [0.25, 0.3) is 0 Å². The van der Waals surface area contributed by atoms with E-state index in [4.69, 9.17) is 16.7 Å². The molecule has 1 aromatic rings. The molecule has 0 radical (unpaired) electrons. The van der Waals surface area contributed by atoms with E-state index in [9.17, 15) is 0 Å².